The van der Waals surface area contributed by atoms with Gasteiger partial charge >= 0.3 is 0 Å². The number of nitrogens with zero attached hydrogens (tertiary/aromatic N) is 4. The number of benzene rings is 2. The molecule has 14 nitrogen and oxygen atoms in total. The monoisotopic (exact) mass is 783 g/mol. The number of halogens is 2. The van der Waals surface area contributed by atoms with Crippen LogP contribution in [0.1, 0.15) is 51.0 Å². The third-order valence-electron chi connectivity index (χ3n) is 8.80. The molecule has 296 valence electrons. The first-order valence-corrected chi connectivity index (χ1v) is 19.2. The number of aliphatic hydroxyl groups is 1. The van der Waals surface area contributed by atoms with Gasteiger partial charge in [-0.3, -0.25) is 33.1 Å². The van der Waals surface area contributed by atoms with Gasteiger partial charge < -0.3 is 30.9 Å². The second-order valence-electron chi connectivity index (χ2n) is 14.0. The molecule has 0 saturated carbocycles. The van der Waals surface area contributed by atoms with Crippen molar-refractivity contribution in [2.45, 2.75) is 52.2 Å². The zero-order chi connectivity index (χ0) is 40.3. The minimum atomic E-state index is -1.46. The van der Waals surface area contributed by atoms with Gasteiger partial charge in [0.1, 0.15) is 24.1 Å². The number of aromatic nitrogens is 2. The Balaban J connectivity index is 1.39. The normalized spacial score (nSPS) is 14.5. The SMILES string of the molecule is CC(C)(C)C(c1nc(-c2cc(F)ccc2F)cn1Cc1ccccc1)N(CCC(N)C(=O)NCCS(=O)CCC(=O)NCCN1C(=O)C=CC1=O)C(=O)CO. The van der Waals surface area contributed by atoms with Crippen molar-refractivity contribution in [2.75, 3.05) is 44.3 Å². The highest BCUT2D eigenvalue weighted by molar-refractivity contribution is 7.85. The van der Waals surface area contributed by atoms with E-state index in [4.69, 9.17) is 10.7 Å². The van der Waals surface area contributed by atoms with Gasteiger partial charge in [0.25, 0.3) is 11.8 Å². The van der Waals surface area contributed by atoms with Crippen LogP contribution in [0.3, 0.4) is 0 Å². The molecule has 1 aliphatic heterocycles. The molecule has 3 atom stereocenters. The second-order valence-corrected chi connectivity index (χ2v) is 15.7. The van der Waals surface area contributed by atoms with Gasteiger partial charge in [-0.25, -0.2) is 13.8 Å². The summed E-state index contributed by atoms with van der Waals surface area (Å²) in [7, 11) is -1.46. The molecule has 5 amide bonds. The van der Waals surface area contributed by atoms with Crippen molar-refractivity contribution < 1.29 is 42.1 Å². The molecule has 17 heteroatoms. The quantitative estimate of drug-likeness (QED) is 0.131. The Hall–Kier alpha value is -5.13. The number of imide groups is 1. The third-order valence-corrected chi connectivity index (χ3v) is 10.1. The summed E-state index contributed by atoms with van der Waals surface area (Å²) in [6.45, 7) is 5.05. The van der Waals surface area contributed by atoms with E-state index in [0.29, 0.717) is 5.82 Å². The summed E-state index contributed by atoms with van der Waals surface area (Å²) in [6.07, 6.45) is 3.81. The number of carbonyl (C=O) groups excluding carboxylic acids is 5. The Kier molecular flexibility index (Phi) is 15.1. The summed E-state index contributed by atoms with van der Waals surface area (Å²) in [5.41, 5.74) is 6.47. The molecule has 4 rings (SSSR count). The van der Waals surface area contributed by atoms with Gasteiger partial charge in [0.05, 0.1) is 17.8 Å². The number of aliphatic hydroxyl groups excluding tert-OH is 1. The lowest BCUT2D eigenvalue weighted by Crippen LogP contribution is -2.48. The first kappa shape index (κ1) is 42.6. The Labute approximate surface area is 320 Å². The highest BCUT2D eigenvalue weighted by Gasteiger charge is 2.38. The molecule has 0 aliphatic carbocycles. The van der Waals surface area contributed by atoms with Crippen LogP contribution < -0.4 is 16.4 Å². The fourth-order valence-corrected chi connectivity index (χ4v) is 6.99. The smallest absolute Gasteiger partial charge is 0.253 e. The molecule has 5 N–H and O–H groups in total. The lowest BCUT2D eigenvalue weighted by atomic mass is 9.84. The van der Waals surface area contributed by atoms with Crippen molar-refractivity contribution in [3.8, 4) is 11.3 Å². The summed E-state index contributed by atoms with van der Waals surface area (Å²) in [4.78, 5) is 68.8. The maximum atomic E-state index is 15.0. The van der Waals surface area contributed by atoms with Crippen LogP contribution in [0.2, 0.25) is 0 Å². The van der Waals surface area contributed by atoms with Crippen molar-refractivity contribution in [1.29, 1.82) is 0 Å². The van der Waals surface area contributed by atoms with E-state index in [0.717, 1.165) is 40.8 Å². The van der Waals surface area contributed by atoms with Crippen LogP contribution in [0.25, 0.3) is 11.3 Å². The van der Waals surface area contributed by atoms with Crippen molar-refractivity contribution in [3.05, 3.63) is 89.9 Å². The Morgan fingerprint density at radius 1 is 1.00 bits per heavy atom. The van der Waals surface area contributed by atoms with Crippen molar-refractivity contribution in [1.82, 2.24) is 30.0 Å². The Bertz CT molecular complexity index is 1900. The minimum Gasteiger partial charge on any atom is -0.387 e. The fraction of sp³-hybridized carbons (Fsp3) is 0.421. The number of rotatable bonds is 19. The van der Waals surface area contributed by atoms with Gasteiger partial charge in [-0.05, 0) is 35.6 Å². The highest BCUT2D eigenvalue weighted by Crippen LogP contribution is 2.39. The molecule has 0 bridgehead atoms. The molecule has 0 fully saturated rings. The minimum absolute atomic E-state index is 0.00713. The molecule has 3 unspecified atom stereocenters. The highest BCUT2D eigenvalue weighted by atomic mass is 32.2. The van der Waals surface area contributed by atoms with E-state index in [-0.39, 0.29) is 68.3 Å². The van der Waals surface area contributed by atoms with E-state index >= 15 is 0 Å². The van der Waals surface area contributed by atoms with Crippen LogP contribution in [0.15, 0.2) is 66.9 Å². The average molecular weight is 784 g/mol. The maximum Gasteiger partial charge on any atom is 0.253 e. The molecular weight excluding hydrogens is 737 g/mol. The van der Waals surface area contributed by atoms with Crippen molar-refractivity contribution >= 4 is 40.3 Å². The van der Waals surface area contributed by atoms with Crippen LogP contribution in [0, 0.1) is 17.0 Å². The van der Waals surface area contributed by atoms with Gasteiger partial charge in [-0.1, -0.05) is 51.1 Å². The van der Waals surface area contributed by atoms with Gasteiger partial charge in [0, 0.05) is 85.4 Å². The van der Waals surface area contributed by atoms with Crippen LogP contribution in [0.5, 0.6) is 0 Å². The first-order chi connectivity index (χ1) is 26.1. The number of carbonyl (C=O) groups is 5. The van der Waals surface area contributed by atoms with E-state index in [1.54, 1.807) is 10.8 Å². The van der Waals surface area contributed by atoms with Gasteiger partial charge in [0.15, 0.2) is 0 Å². The molecule has 55 heavy (non-hydrogen) atoms. The Morgan fingerprint density at radius 3 is 2.35 bits per heavy atom. The molecule has 0 saturated heterocycles. The number of imidazole rings is 1. The summed E-state index contributed by atoms with van der Waals surface area (Å²) in [6, 6.07) is 10.5. The predicted molar refractivity (Wildman–Crippen MR) is 201 cm³/mol. The summed E-state index contributed by atoms with van der Waals surface area (Å²) in [5, 5.41) is 15.3. The molecule has 3 aromatic rings. The van der Waals surface area contributed by atoms with E-state index in [1.165, 1.54) is 4.90 Å². The lowest BCUT2D eigenvalue weighted by molar-refractivity contribution is -0.140. The zero-order valence-corrected chi connectivity index (χ0v) is 31.8. The third kappa shape index (κ3) is 11.9. The van der Waals surface area contributed by atoms with E-state index in [2.05, 4.69) is 10.6 Å². The standard InChI is InChI=1S/C38H47F2N7O7S/c1-38(2,3)35(36-44-30(27-21-26(39)9-10-28(27)40)23-45(36)22-25-7-5-4-6-8-25)47(34(52)24-48)17-13-29(41)37(53)43-16-20-55(54)19-14-31(49)42-15-18-46-32(50)11-12-33(46)51/h4-12,21,23,29,35,48H,13-20,22,24,41H2,1-3H3,(H,42,49)(H,43,53). The van der Waals surface area contributed by atoms with Crippen LogP contribution in [0.4, 0.5) is 8.78 Å². The number of hydrogen-bond acceptors (Lipinski definition) is 9. The molecule has 2 aromatic carbocycles. The molecule has 2 heterocycles. The van der Waals surface area contributed by atoms with Crippen molar-refractivity contribution in [2.24, 2.45) is 11.1 Å². The predicted octanol–water partition coefficient (Wildman–Crippen LogP) is 1.80. The summed E-state index contributed by atoms with van der Waals surface area (Å²) >= 11 is 0. The first-order valence-electron chi connectivity index (χ1n) is 17.7. The van der Waals surface area contributed by atoms with E-state index in [1.807, 2.05) is 51.1 Å². The van der Waals surface area contributed by atoms with Crippen LogP contribution in [-0.4, -0.2) is 109 Å². The summed E-state index contributed by atoms with van der Waals surface area (Å²) in [5.74, 6) is -3.43. The lowest BCUT2D eigenvalue weighted by Gasteiger charge is -2.40. The van der Waals surface area contributed by atoms with Gasteiger partial charge in [-0.2, -0.15) is 0 Å². The Morgan fingerprint density at radius 2 is 1.69 bits per heavy atom. The van der Waals surface area contributed by atoms with Crippen LogP contribution >= 0.6 is 0 Å². The second kappa shape index (κ2) is 19.5. The van der Waals surface area contributed by atoms with Gasteiger partial charge in [0.2, 0.25) is 17.7 Å². The number of hydrogen-bond donors (Lipinski definition) is 4. The van der Waals surface area contributed by atoms with Gasteiger partial charge in [-0.15, -0.1) is 0 Å². The van der Waals surface area contributed by atoms with E-state index in [9.17, 15) is 42.1 Å². The molecule has 1 aromatic heterocycles. The number of nitrogens with two attached hydrogens (primary N) is 1. The van der Waals surface area contributed by atoms with Crippen molar-refractivity contribution in [3.63, 3.8) is 0 Å². The molecule has 1 aliphatic rings. The molecule has 0 radical (unpaired) electrons. The largest absolute Gasteiger partial charge is 0.387 e. The number of amides is 5. The zero-order valence-electron chi connectivity index (χ0n) is 31.0. The molecular formula is C38H47F2N7O7S. The summed E-state index contributed by atoms with van der Waals surface area (Å²) < 4.78 is 43.5. The maximum absolute atomic E-state index is 15.0. The van der Waals surface area contributed by atoms with Crippen LogP contribution in [-0.2, 0) is 41.3 Å². The topological polar surface area (TPSA) is 197 Å². The average Bonchev–Trinajstić information content (AvgIpc) is 3.70. The molecule has 0 spiro atoms. The van der Waals surface area contributed by atoms with E-state index < -0.39 is 76.1 Å². The fourth-order valence-electron chi connectivity index (χ4n) is 6.05. The number of nitrogens with one attached hydrogen (secondary N) is 2.